The summed E-state index contributed by atoms with van der Waals surface area (Å²) in [6.07, 6.45) is 4.28. The SMILES string of the molecule is ClCC1COCCN1CCC1CC1. The van der Waals surface area contributed by atoms with Crippen molar-refractivity contribution in [2.24, 2.45) is 5.92 Å². The zero-order valence-corrected chi connectivity index (χ0v) is 8.80. The molecular formula is C10H18ClNO. The lowest BCUT2D eigenvalue weighted by molar-refractivity contribution is 0.0000444. The van der Waals surface area contributed by atoms with Crippen molar-refractivity contribution in [2.75, 3.05) is 32.2 Å². The van der Waals surface area contributed by atoms with Crippen LogP contribution >= 0.6 is 11.6 Å². The van der Waals surface area contributed by atoms with Crippen LogP contribution in [0.4, 0.5) is 0 Å². The van der Waals surface area contributed by atoms with Gasteiger partial charge in [0, 0.05) is 18.5 Å². The average molecular weight is 204 g/mol. The molecule has 2 rings (SSSR count). The molecule has 0 aromatic carbocycles. The molecule has 76 valence electrons. The number of rotatable bonds is 4. The summed E-state index contributed by atoms with van der Waals surface area (Å²) >= 11 is 5.88. The minimum Gasteiger partial charge on any atom is -0.378 e. The molecule has 13 heavy (non-hydrogen) atoms. The second kappa shape index (κ2) is 4.63. The van der Waals surface area contributed by atoms with Crippen molar-refractivity contribution in [1.82, 2.24) is 4.90 Å². The minimum atomic E-state index is 0.467. The lowest BCUT2D eigenvalue weighted by Gasteiger charge is -2.34. The van der Waals surface area contributed by atoms with Crippen LogP contribution in [0.1, 0.15) is 19.3 Å². The van der Waals surface area contributed by atoms with Crippen molar-refractivity contribution in [3.05, 3.63) is 0 Å². The van der Waals surface area contributed by atoms with Crippen molar-refractivity contribution in [2.45, 2.75) is 25.3 Å². The molecule has 2 nitrogen and oxygen atoms in total. The van der Waals surface area contributed by atoms with Gasteiger partial charge in [-0.05, 0) is 18.9 Å². The quantitative estimate of drug-likeness (QED) is 0.646. The van der Waals surface area contributed by atoms with E-state index in [0.717, 1.165) is 25.7 Å². The summed E-state index contributed by atoms with van der Waals surface area (Å²) in [5.74, 6) is 1.74. The van der Waals surface area contributed by atoms with E-state index >= 15 is 0 Å². The highest BCUT2D eigenvalue weighted by Crippen LogP contribution is 2.32. The van der Waals surface area contributed by atoms with E-state index < -0.39 is 0 Å². The molecule has 1 unspecified atom stereocenters. The third-order valence-electron chi connectivity index (χ3n) is 3.05. The highest BCUT2D eigenvalue weighted by molar-refractivity contribution is 6.18. The van der Waals surface area contributed by atoms with E-state index in [1.807, 2.05) is 0 Å². The molecule has 0 spiro atoms. The maximum Gasteiger partial charge on any atom is 0.0634 e. The molecule has 0 amide bonds. The molecule has 1 aliphatic carbocycles. The van der Waals surface area contributed by atoms with E-state index in [9.17, 15) is 0 Å². The Morgan fingerprint density at radius 1 is 1.38 bits per heavy atom. The van der Waals surface area contributed by atoms with Crippen molar-refractivity contribution < 1.29 is 4.74 Å². The average Bonchev–Trinajstić information content (AvgIpc) is 2.99. The Balaban J connectivity index is 1.72. The lowest BCUT2D eigenvalue weighted by atomic mass is 10.2. The van der Waals surface area contributed by atoms with Gasteiger partial charge in [-0.3, -0.25) is 4.90 Å². The maximum absolute atomic E-state index is 5.88. The summed E-state index contributed by atoms with van der Waals surface area (Å²) in [4.78, 5) is 2.49. The highest BCUT2D eigenvalue weighted by atomic mass is 35.5. The van der Waals surface area contributed by atoms with Gasteiger partial charge in [0.25, 0.3) is 0 Å². The Hall–Kier alpha value is 0.210. The van der Waals surface area contributed by atoms with Crippen LogP contribution in [-0.2, 0) is 4.74 Å². The second-order valence-corrected chi connectivity index (χ2v) is 4.46. The molecule has 1 atom stereocenters. The molecule has 0 aromatic heterocycles. The summed E-state index contributed by atoms with van der Waals surface area (Å²) in [7, 11) is 0. The first-order valence-corrected chi connectivity index (χ1v) is 5.81. The van der Waals surface area contributed by atoms with Gasteiger partial charge in [0.1, 0.15) is 0 Å². The summed E-state index contributed by atoms with van der Waals surface area (Å²) < 4.78 is 5.40. The van der Waals surface area contributed by atoms with E-state index in [1.54, 1.807) is 0 Å². The number of nitrogens with zero attached hydrogens (tertiary/aromatic N) is 1. The third-order valence-corrected chi connectivity index (χ3v) is 3.41. The Morgan fingerprint density at radius 2 is 2.23 bits per heavy atom. The number of ether oxygens (including phenoxy) is 1. The van der Waals surface area contributed by atoms with E-state index in [0.29, 0.717) is 11.9 Å². The number of halogens is 1. The highest BCUT2D eigenvalue weighted by Gasteiger charge is 2.26. The van der Waals surface area contributed by atoms with Gasteiger partial charge in [-0.25, -0.2) is 0 Å². The van der Waals surface area contributed by atoms with Crippen LogP contribution in [0.5, 0.6) is 0 Å². The Kier molecular flexibility index (Phi) is 3.47. The fourth-order valence-electron chi connectivity index (χ4n) is 1.88. The Bertz CT molecular complexity index is 161. The zero-order chi connectivity index (χ0) is 9.10. The van der Waals surface area contributed by atoms with Gasteiger partial charge < -0.3 is 4.74 Å². The fraction of sp³-hybridized carbons (Fsp3) is 1.00. The molecule has 1 heterocycles. The molecule has 2 fully saturated rings. The third kappa shape index (κ3) is 2.83. The molecule has 1 saturated heterocycles. The molecule has 0 N–H and O–H groups in total. The number of morpholine rings is 1. The second-order valence-electron chi connectivity index (χ2n) is 4.15. The van der Waals surface area contributed by atoms with E-state index in [2.05, 4.69) is 4.90 Å². The first-order chi connectivity index (χ1) is 6.40. The van der Waals surface area contributed by atoms with Crippen LogP contribution in [0.2, 0.25) is 0 Å². The zero-order valence-electron chi connectivity index (χ0n) is 8.04. The predicted molar refractivity (Wildman–Crippen MR) is 54.2 cm³/mol. The van der Waals surface area contributed by atoms with Crippen LogP contribution in [0.3, 0.4) is 0 Å². The molecular weight excluding hydrogens is 186 g/mol. The number of alkyl halides is 1. The van der Waals surface area contributed by atoms with Crippen molar-refractivity contribution >= 4 is 11.6 Å². The number of hydrogen-bond acceptors (Lipinski definition) is 2. The van der Waals surface area contributed by atoms with Gasteiger partial charge in [0.05, 0.1) is 13.2 Å². The normalized spacial score (nSPS) is 30.7. The Morgan fingerprint density at radius 3 is 2.92 bits per heavy atom. The van der Waals surface area contributed by atoms with Crippen molar-refractivity contribution in [3.63, 3.8) is 0 Å². The van der Waals surface area contributed by atoms with Crippen LogP contribution in [0.25, 0.3) is 0 Å². The van der Waals surface area contributed by atoms with Crippen LogP contribution in [0, 0.1) is 5.92 Å². The predicted octanol–water partition coefficient (Wildman–Crippen LogP) is 1.73. The summed E-state index contributed by atoms with van der Waals surface area (Å²) in [5, 5.41) is 0. The topological polar surface area (TPSA) is 12.5 Å². The van der Waals surface area contributed by atoms with Gasteiger partial charge >= 0.3 is 0 Å². The van der Waals surface area contributed by atoms with Gasteiger partial charge in [-0.1, -0.05) is 12.8 Å². The van der Waals surface area contributed by atoms with Crippen LogP contribution in [0.15, 0.2) is 0 Å². The Labute approximate surface area is 85.2 Å². The van der Waals surface area contributed by atoms with Gasteiger partial charge in [-0.15, -0.1) is 11.6 Å². The van der Waals surface area contributed by atoms with E-state index in [-0.39, 0.29) is 0 Å². The van der Waals surface area contributed by atoms with E-state index in [4.69, 9.17) is 16.3 Å². The first-order valence-electron chi connectivity index (χ1n) is 5.28. The molecule has 0 bridgehead atoms. The lowest BCUT2D eigenvalue weighted by Crippen LogP contribution is -2.46. The molecule has 1 saturated carbocycles. The molecule has 0 aromatic rings. The summed E-state index contributed by atoms with van der Waals surface area (Å²) in [6.45, 7) is 4.02. The first kappa shape index (κ1) is 9.75. The van der Waals surface area contributed by atoms with Crippen molar-refractivity contribution in [3.8, 4) is 0 Å². The van der Waals surface area contributed by atoms with Crippen molar-refractivity contribution in [1.29, 1.82) is 0 Å². The van der Waals surface area contributed by atoms with Gasteiger partial charge in [0.15, 0.2) is 0 Å². The van der Waals surface area contributed by atoms with Gasteiger partial charge in [-0.2, -0.15) is 0 Å². The molecule has 1 aliphatic heterocycles. The smallest absolute Gasteiger partial charge is 0.0634 e. The fourth-order valence-corrected chi connectivity index (χ4v) is 2.16. The minimum absolute atomic E-state index is 0.467. The van der Waals surface area contributed by atoms with Crippen LogP contribution in [-0.4, -0.2) is 43.1 Å². The summed E-state index contributed by atoms with van der Waals surface area (Å²) in [6, 6.07) is 0.467. The van der Waals surface area contributed by atoms with Crippen LogP contribution < -0.4 is 0 Å². The monoisotopic (exact) mass is 203 g/mol. The largest absolute Gasteiger partial charge is 0.378 e. The molecule has 3 heteroatoms. The standard InChI is InChI=1S/C10H18ClNO/c11-7-10-8-13-6-5-12(10)4-3-9-1-2-9/h9-10H,1-8H2. The molecule has 0 radical (unpaired) electrons. The number of hydrogen-bond donors (Lipinski definition) is 0. The van der Waals surface area contributed by atoms with E-state index in [1.165, 1.54) is 25.8 Å². The van der Waals surface area contributed by atoms with Gasteiger partial charge in [0.2, 0.25) is 0 Å². The summed E-state index contributed by atoms with van der Waals surface area (Å²) in [5.41, 5.74) is 0. The molecule has 2 aliphatic rings. The maximum atomic E-state index is 5.88.